The summed E-state index contributed by atoms with van der Waals surface area (Å²) in [6.45, 7) is 17.8. The van der Waals surface area contributed by atoms with Crippen LogP contribution < -0.4 is 10.4 Å². The summed E-state index contributed by atoms with van der Waals surface area (Å²) < 4.78 is 7.21. The Morgan fingerprint density at radius 1 is 1.00 bits per heavy atom. The molecule has 0 bridgehead atoms. The Hall–Kier alpha value is -1.94. The lowest BCUT2D eigenvalue weighted by molar-refractivity contribution is 0.120. The average Bonchev–Trinajstić information content (AvgIpc) is 3.12. The zero-order valence-corrected chi connectivity index (χ0v) is 19.2. The molecule has 154 valence electrons. The molecule has 0 aromatic heterocycles. The zero-order valence-electron chi connectivity index (χ0n) is 18.2. The Kier molecular flexibility index (Phi) is 6.62. The Labute approximate surface area is 178 Å². The highest BCUT2D eigenvalue weighted by Gasteiger charge is 2.52. The van der Waals surface area contributed by atoms with Gasteiger partial charge in [0, 0.05) is 6.54 Å². The first-order valence-corrected chi connectivity index (χ1v) is 12.5. The Morgan fingerprint density at radius 2 is 1.55 bits per heavy atom. The molecule has 3 rings (SSSR count). The lowest BCUT2D eigenvalue weighted by Crippen LogP contribution is -2.68. The minimum atomic E-state index is -2.53. The maximum absolute atomic E-state index is 7.21. The van der Waals surface area contributed by atoms with E-state index < -0.39 is 8.32 Å². The van der Waals surface area contributed by atoms with Crippen molar-refractivity contribution in [2.24, 2.45) is 0 Å². The Balaban J connectivity index is 2.09. The smallest absolute Gasteiger partial charge is 0.261 e. The molecule has 0 amide bonds. The predicted molar refractivity (Wildman–Crippen MR) is 128 cm³/mol. The standard InChI is InChI=1S/C26H35NOSi/c1-6-20-27-21-14-19-26(27,7-2)22-28-29(25(3,4)5,23-15-10-8-11-16-23)24-17-12-9-13-18-24/h6-13,15-18H,1-2,14,19-22H2,3-5H3/t26-/m0/s1. The van der Waals surface area contributed by atoms with Crippen LogP contribution in [0, 0.1) is 0 Å². The van der Waals surface area contributed by atoms with E-state index in [4.69, 9.17) is 4.43 Å². The number of nitrogens with zero attached hydrogens (tertiary/aromatic N) is 1. The van der Waals surface area contributed by atoms with Gasteiger partial charge in [-0.2, -0.15) is 0 Å². The first kappa shape index (κ1) is 21.8. The molecule has 0 aliphatic carbocycles. The molecule has 1 atom stereocenters. The number of rotatable bonds is 8. The second-order valence-electron chi connectivity index (χ2n) is 9.10. The molecule has 1 saturated heterocycles. The van der Waals surface area contributed by atoms with Gasteiger partial charge >= 0.3 is 0 Å². The summed E-state index contributed by atoms with van der Waals surface area (Å²) in [4.78, 5) is 2.48. The van der Waals surface area contributed by atoms with Crippen LogP contribution in [0.15, 0.2) is 86.0 Å². The summed E-state index contributed by atoms with van der Waals surface area (Å²) >= 11 is 0. The van der Waals surface area contributed by atoms with Crippen molar-refractivity contribution in [3.63, 3.8) is 0 Å². The van der Waals surface area contributed by atoms with Gasteiger partial charge in [0.05, 0.1) is 12.1 Å². The van der Waals surface area contributed by atoms with Crippen LogP contribution in [0.4, 0.5) is 0 Å². The second-order valence-corrected chi connectivity index (χ2v) is 13.4. The molecule has 1 fully saturated rings. The number of hydrogen-bond acceptors (Lipinski definition) is 2. The third-order valence-corrected chi connectivity index (χ3v) is 11.3. The fourth-order valence-electron chi connectivity index (χ4n) is 4.83. The first-order valence-electron chi connectivity index (χ1n) is 10.6. The summed E-state index contributed by atoms with van der Waals surface area (Å²) in [5.74, 6) is 0. The average molecular weight is 406 g/mol. The fourth-order valence-corrected chi connectivity index (χ4v) is 9.46. The van der Waals surface area contributed by atoms with Crippen molar-refractivity contribution in [3.8, 4) is 0 Å². The molecule has 2 nitrogen and oxygen atoms in total. The van der Waals surface area contributed by atoms with Gasteiger partial charge in [-0.1, -0.05) is 93.6 Å². The van der Waals surface area contributed by atoms with Crippen LogP contribution in [0.3, 0.4) is 0 Å². The van der Waals surface area contributed by atoms with Crippen LogP contribution >= 0.6 is 0 Å². The SMILES string of the molecule is C=CCN1CCC[C@@]1(C=C)CO[Si](c1ccccc1)(c1ccccc1)C(C)(C)C. The van der Waals surface area contributed by atoms with Crippen LogP contribution in [0.1, 0.15) is 33.6 Å². The van der Waals surface area contributed by atoms with Crippen molar-refractivity contribution in [1.29, 1.82) is 0 Å². The molecule has 2 aromatic carbocycles. The third kappa shape index (κ3) is 4.05. The third-order valence-electron chi connectivity index (χ3n) is 6.35. The van der Waals surface area contributed by atoms with E-state index in [1.807, 2.05) is 6.08 Å². The molecule has 0 spiro atoms. The van der Waals surface area contributed by atoms with Crippen molar-refractivity contribution < 1.29 is 4.43 Å². The van der Waals surface area contributed by atoms with E-state index >= 15 is 0 Å². The van der Waals surface area contributed by atoms with Gasteiger partial charge in [0.15, 0.2) is 0 Å². The van der Waals surface area contributed by atoms with Gasteiger partial charge in [-0.25, -0.2) is 0 Å². The van der Waals surface area contributed by atoms with Crippen LogP contribution in [0.5, 0.6) is 0 Å². The largest absolute Gasteiger partial charge is 0.405 e. The van der Waals surface area contributed by atoms with Crippen molar-refractivity contribution >= 4 is 18.7 Å². The van der Waals surface area contributed by atoms with Gasteiger partial charge < -0.3 is 4.43 Å². The summed E-state index contributed by atoms with van der Waals surface area (Å²) in [7, 11) is -2.53. The van der Waals surface area contributed by atoms with Gasteiger partial charge in [-0.3, -0.25) is 4.90 Å². The molecule has 0 radical (unpaired) electrons. The lowest BCUT2D eigenvalue weighted by atomic mass is 9.97. The molecule has 3 heteroatoms. The van der Waals surface area contributed by atoms with Crippen molar-refractivity contribution in [2.75, 3.05) is 19.7 Å². The second kappa shape index (κ2) is 8.82. The predicted octanol–water partition coefficient (Wildman–Crippen LogP) is 4.77. The summed E-state index contributed by atoms with van der Waals surface area (Å²) in [6.07, 6.45) is 6.36. The normalized spacial score (nSPS) is 20.5. The van der Waals surface area contributed by atoms with E-state index in [0.717, 1.165) is 19.5 Å². The van der Waals surface area contributed by atoms with E-state index in [2.05, 4.69) is 106 Å². The molecular formula is C26H35NOSi. The first-order chi connectivity index (χ1) is 13.9. The molecule has 0 N–H and O–H groups in total. The van der Waals surface area contributed by atoms with Crippen LogP contribution in [-0.4, -0.2) is 38.5 Å². The summed E-state index contributed by atoms with van der Waals surface area (Å²) in [6, 6.07) is 21.7. The minimum Gasteiger partial charge on any atom is -0.405 e. The minimum absolute atomic E-state index is 0.0140. The highest BCUT2D eigenvalue weighted by Crippen LogP contribution is 2.39. The topological polar surface area (TPSA) is 12.5 Å². The molecular weight excluding hydrogens is 370 g/mol. The summed E-state index contributed by atoms with van der Waals surface area (Å²) in [5, 5.41) is 2.64. The van der Waals surface area contributed by atoms with Crippen LogP contribution in [0.2, 0.25) is 5.04 Å². The van der Waals surface area contributed by atoms with E-state index in [9.17, 15) is 0 Å². The van der Waals surface area contributed by atoms with Crippen LogP contribution in [-0.2, 0) is 4.43 Å². The zero-order chi connectivity index (χ0) is 21.0. The maximum atomic E-state index is 7.21. The highest BCUT2D eigenvalue weighted by atomic mass is 28.4. The van der Waals surface area contributed by atoms with Crippen molar-refractivity contribution in [1.82, 2.24) is 4.90 Å². The van der Waals surface area contributed by atoms with Crippen LogP contribution in [0.25, 0.3) is 0 Å². The van der Waals surface area contributed by atoms with Gasteiger partial charge in [0.25, 0.3) is 8.32 Å². The van der Waals surface area contributed by atoms with Gasteiger partial charge in [0.1, 0.15) is 0 Å². The number of hydrogen-bond donors (Lipinski definition) is 0. The summed E-state index contributed by atoms with van der Waals surface area (Å²) in [5.41, 5.74) is -0.124. The van der Waals surface area contributed by atoms with E-state index in [1.165, 1.54) is 16.8 Å². The molecule has 1 aliphatic rings. The molecule has 1 heterocycles. The molecule has 29 heavy (non-hydrogen) atoms. The number of benzene rings is 2. The quantitative estimate of drug-likeness (QED) is 0.463. The van der Waals surface area contributed by atoms with E-state index in [-0.39, 0.29) is 10.6 Å². The van der Waals surface area contributed by atoms with Gasteiger partial charge in [0.2, 0.25) is 0 Å². The van der Waals surface area contributed by atoms with Gasteiger partial charge in [-0.15, -0.1) is 13.2 Å². The maximum Gasteiger partial charge on any atom is 0.261 e. The monoisotopic (exact) mass is 405 g/mol. The van der Waals surface area contributed by atoms with Crippen molar-refractivity contribution in [2.45, 2.75) is 44.2 Å². The van der Waals surface area contributed by atoms with Gasteiger partial charge in [-0.05, 0) is 34.8 Å². The Bertz CT molecular complexity index is 772. The molecule has 0 unspecified atom stereocenters. The molecule has 2 aromatic rings. The lowest BCUT2D eigenvalue weighted by Gasteiger charge is -2.46. The fraction of sp³-hybridized carbons (Fsp3) is 0.385. The number of likely N-dealkylation sites (tertiary alicyclic amines) is 1. The van der Waals surface area contributed by atoms with E-state index in [1.54, 1.807) is 0 Å². The Morgan fingerprint density at radius 3 is 2.00 bits per heavy atom. The highest BCUT2D eigenvalue weighted by molar-refractivity contribution is 6.99. The molecule has 0 saturated carbocycles. The molecule has 1 aliphatic heterocycles. The van der Waals surface area contributed by atoms with Crippen molar-refractivity contribution in [3.05, 3.63) is 86.0 Å². The van der Waals surface area contributed by atoms with E-state index in [0.29, 0.717) is 6.61 Å².